The lowest BCUT2D eigenvalue weighted by molar-refractivity contribution is -0.0825. The first-order valence-corrected chi connectivity index (χ1v) is 8.21. The lowest BCUT2D eigenvalue weighted by atomic mass is 9.89. The molecule has 2 aromatic carbocycles. The van der Waals surface area contributed by atoms with E-state index in [2.05, 4.69) is 68.2 Å². The molecule has 2 aliphatic rings. The second kappa shape index (κ2) is 5.12. The zero-order chi connectivity index (χ0) is 16.0. The van der Waals surface area contributed by atoms with Crippen molar-refractivity contribution in [1.82, 2.24) is 5.01 Å². The highest BCUT2D eigenvalue weighted by atomic mass is 16.5. The summed E-state index contributed by atoms with van der Waals surface area (Å²) in [6.45, 7) is 6.62. The summed E-state index contributed by atoms with van der Waals surface area (Å²) in [5.74, 6) is 0.998. The Bertz CT molecular complexity index is 746. The molecule has 3 heteroatoms. The molecule has 0 bridgehead atoms. The van der Waals surface area contributed by atoms with Crippen LogP contribution in [0.15, 0.2) is 59.7 Å². The molecule has 0 N–H and O–H groups in total. The number of para-hydroxylation sites is 1. The minimum Gasteiger partial charge on any atom is -0.468 e. The maximum absolute atomic E-state index is 6.31. The van der Waals surface area contributed by atoms with Gasteiger partial charge in [-0.3, -0.25) is 0 Å². The van der Waals surface area contributed by atoms with Crippen LogP contribution in [0.25, 0.3) is 0 Å². The molecule has 3 nitrogen and oxygen atoms in total. The lowest BCUT2D eigenvalue weighted by Gasteiger charge is -2.44. The summed E-state index contributed by atoms with van der Waals surface area (Å²) in [4.78, 5) is 0. The van der Waals surface area contributed by atoms with Gasteiger partial charge in [0, 0.05) is 17.4 Å². The predicted molar refractivity (Wildman–Crippen MR) is 92.5 cm³/mol. The Morgan fingerprint density at radius 2 is 1.70 bits per heavy atom. The number of fused-ring (bicyclic) bond motifs is 3. The number of hydrogen-bond donors (Lipinski definition) is 0. The molecule has 2 aromatic rings. The Labute approximate surface area is 137 Å². The first-order chi connectivity index (χ1) is 11.0. The van der Waals surface area contributed by atoms with Crippen LogP contribution in [0.1, 0.15) is 44.4 Å². The number of hydrazone groups is 1. The number of rotatable bonds is 1. The van der Waals surface area contributed by atoms with Gasteiger partial charge in [-0.25, -0.2) is 5.01 Å². The molecule has 0 aliphatic carbocycles. The van der Waals surface area contributed by atoms with Gasteiger partial charge < -0.3 is 4.74 Å². The topological polar surface area (TPSA) is 24.8 Å². The van der Waals surface area contributed by atoms with E-state index in [9.17, 15) is 0 Å². The molecule has 2 atom stereocenters. The highest BCUT2D eigenvalue weighted by molar-refractivity contribution is 6.01. The van der Waals surface area contributed by atoms with Crippen molar-refractivity contribution in [1.29, 1.82) is 0 Å². The Kier molecular flexibility index (Phi) is 3.19. The van der Waals surface area contributed by atoms with Crippen LogP contribution in [-0.2, 0) is 0 Å². The van der Waals surface area contributed by atoms with Crippen LogP contribution in [0, 0.1) is 5.41 Å². The Balaban J connectivity index is 1.78. The van der Waals surface area contributed by atoms with Crippen molar-refractivity contribution in [2.75, 3.05) is 0 Å². The van der Waals surface area contributed by atoms with Gasteiger partial charge in [0.05, 0.1) is 11.8 Å². The zero-order valence-corrected chi connectivity index (χ0v) is 13.9. The van der Waals surface area contributed by atoms with Crippen LogP contribution in [-0.4, -0.2) is 16.9 Å². The highest BCUT2D eigenvalue weighted by Crippen LogP contribution is 2.46. The molecular formula is C20H22N2O. The summed E-state index contributed by atoms with van der Waals surface area (Å²) >= 11 is 0. The number of nitrogens with zero attached hydrogens (tertiary/aromatic N) is 2. The summed E-state index contributed by atoms with van der Waals surface area (Å²) in [5.41, 5.74) is 3.57. The molecule has 0 saturated heterocycles. The van der Waals surface area contributed by atoms with E-state index < -0.39 is 0 Å². The van der Waals surface area contributed by atoms with E-state index >= 15 is 0 Å². The van der Waals surface area contributed by atoms with E-state index in [0.717, 1.165) is 17.9 Å². The summed E-state index contributed by atoms with van der Waals surface area (Å²) < 4.78 is 6.31. The average Bonchev–Trinajstić information content (AvgIpc) is 2.99. The average molecular weight is 306 g/mol. The van der Waals surface area contributed by atoms with E-state index in [1.54, 1.807) is 0 Å². The summed E-state index contributed by atoms with van der Waals surface area (Å²) in [5, 5.41) is 7.12. The molecule has 0 amide bonds. The Morgan fingerprint density at radius 1 is 1.00 bits per heavy atom. The van der Waals surface area contributed by atoms with Gasteiger partial charge >= 0.3 is 0 Å². The minimum absolute atomic E-state index is 0.0125. The second-order valence-corrected chi connectivity index (χ2v) is 7.39. The van der Waals surface area contributed by atoms with Crippen LogP contribution in [0.3, 0.4) is 0 Å². The summed E-state index contributed by atoms with van der Waals surface area (Å²) in [6.07, 6.45) is 0.875. The first-order valence-electron chi connectivity index (χ1n) is 8.21. The second-order valence-electron chi connectivity index (χ2n) is 7.39. The van der Waals surface area contributed by atoms with Crippen molar-refractivity contribution >= 4 is 5.71 Å². The fourth-order valence-corrected chi connectivity index (χ4v) is 3.41. The Hall–Kier alpha value is -2.29. The SMILES string of the molecule is CC(C)(C)C1Oc2ccccc2C2CC(c3ccccc3)=NN21. The fraction of sp³-hybridized carbons (Fsp3) is 0.350. The highest BCUT2D eigenvalue weighted by Gasteiger charge is 2.44. The minimum atomic E-state index is -0.0522. The molecule has 0 aromatic heterocycles. The normalized spacial score (nSPS) is 22.9. The van der Waals surface area contributed by atoms with Gasteiger partial charge in [-0.2, -0.15) is 5.10 Å². The van der Waals surface area contributed by atoms with Crippen molar-refractivity contribution < 1.29 is 4.74 Å². The van der Waals surface area contributed by atoms with E-state index in [1.807, 2.05) is 12.1 Å². The van der Waals surface area contributed by atoms with Gasteiger partial charge in [-0.1, -0.05) is 69.3 Å². The molecular weight excluding hydrogens is 284 g/mol. The largest absolute Gasteiger partial charge is 0.468 e. The van der Waals surface area contributed by atoms with Crippen molar-refractivity contribution in [2.24, 2.45) is 10.5 Å². The third-order valence-electron chi connectivity index (χ3n) is 4.55. The monoisotopic (exact) mass is 306 g/mol. The van der Waals surface area contributed by atoms with Crippen LogP contribution in [0.4, 0.5) is 0 Å². The molecule has 23 heavy (non-hydrogen) atoms. The van der Waals surface area contributed by atoms with E-state index in [-0.39, 0.29) is 17.7 Å². The predicted octanol–water partition coefficient (Wildman–Crippen LogP) is 4.60. The smallest absolute Gasteiger partial charge is 0.192 e. The first kappa shape index (κ1) is 14.3. The maximum atomic E-state index is 6.31. The lowest BCUT2D eigenvalue weighted by Crippen LogP contribution is -2.48. The maximum Gasteiger partial charge on any atom is 0.192 e. The molecule has 0 fully saturated rings. The van der Waals surface area contributed by atoms with E-state index in [4.69, 9.17) is 9.84 Å². The van der Waals surface area contributed by atoms with E-state index in [0.29, 0.717) is 0 Å². The summed E-state index contributed by atoms with van der Waals surface area (Å²) in [7, 11) is 0. The van der Waals surface area contributed by atoms with Crippen LogP contribution in [0.5, 0.6) is 5.75 Å². The molecule has 2 aliphatic heterocycles. The molecule has 118 valence electrons. The van der Waals surface area contributed by atoms with Crippen LogP contribution >= 0.6 is 0 Å². The molecule has 0 saturated carbocycles. The van der Waals surface area contributed by atoms with E-state index in [1.165, 1.54) is 11.1 Å². The molecule has 0 spiro atoms. The van der Waals surface area contributed by atoms with Gasteiger partial charge in [0.2, 0.25) is 0 Å². The van der Waals surface area contributed by atoms with Crippen molar-refractivity contribution in [3.63, 3.8) is 0 Å². The van der Waals surface area contributed by atoms with Gasteiger partial charge in [0.15, 0.2) is 6.23 Å². The summed E-state index contributed by atoms with van der Waals surface area (Å²) in [6, 6.07) is 19.1. The van der Waals surface area contributed by atoms with Crippen molar-refractivity contribution in [3.8, 4) is 5.75 Å². The zero-order valence-electron chi connectivity index (χ0n) is 13.9. The molecule has 4 rings (SSSR count). The molecule has 2 unspecified atom stereocenters. The standard InChI is InChI=1S/C20H22N2O/c1-20(2,3)19-22-17(15-11-7-8-12-18(15)23-19)13-16(21-22)14-9-5-4-6-10-14/h4-12,17,19H,13H2,1-3H3. The van der Waals surface area contributed by atoms with Gasteiger partial charge in [-0.05, 0) is 11.6 Å². The molecule has 2 heterocycles. The van der Waals surface area contributed by atoms with Crippen molar-refractivity contribution in [2.45, 2.75) is 39.5 Å². The van der Waals surface area contributed by atoms with Gasteiger partial charge in [0.25, 0.3) is 0 Å². The van der Waals surface area contributed by atoms with Gasteiger partial charge in [0.1, 0.15) is 5.75 Å². The third-order valence-corrected chi connectivity index (χ3v) is 4.55. The Morgan fingerprint density at radius 3 is 2.43 bits per heavy atom. The van der Waals surface area contributed by atoms with Crippen LogP contribution in [0.2, 0.25) is 0 Å². The fourth-order valence-electron chi connectivity index (χ4n) is 3.41. The number of hydrogen-bond acceptors (Lipinski definition) is 3. The third kappa shape index (κ3) is 2.40. The number of benzene rings is 2. The quantitative estimate of drug-likeness (QED) is 0.769. The number of ether oxygens (including phenoxy) is 1. The van der Waals surface area contributed by atoms with Gasteiger partial charge in [-0.15, -0.1) is 0 Å². The molecule has 0 radical (unpaired) electrons. The van der Waals surface area contributed by atoms with Crippen molar-refractivity contribution in [3.05, 3.63) is 65.7 Å². The van der Waals surface area contributed by atoms with Crippen LogP contribution < -0.4 is 4.74 Å².